The fourth-order valence-electron chi connectivity index (χ4n) is 1.62. The molecule has 4 N–H and O–H groups in total. The zero-order valence-corrected chi connectivity index (χ0v) is 10.8. The van der Waals surface area contributed by atoms with Gasteiger partial charge in [-0.2, -0.15) is 5.10 Å². The molecule has 0 spiro atoms. The lowest BCUT2D eigenvalue weighted by atomic mass is 10.2. The molecule has 2 rings (SSSR count). The van der Waals surface area contributed by atoms with Crippen LogP contribution in [0.2, 0.25) is 0 Å². The van der Waals surface area contributed by atoms with Crippen LogP contribution in [0.1, 0.15) is 23.3 Å². The third-order valence-electron chi connectivity index (χ3n) is 2.63. The topological polar surface area (TPSA) is 83.8 Å². The van der Waals surface area contributed by atoms with Gasteiger partial charge in [-0.15, -0.1) is 11.3 Å². The van der Waals surface area contributed by atoms with Crippen molar-refractivity contribution >= 4 is 23.1 Å². The van der Waals surface area contributed by atoms with E-state index in [2.05, 4.69) is 27.0 Å². The van der Waals surface area contributed by atoms with E-state index in [0.29, 0.717) is 18.8 Å². The summed E-state index contributed by atoms with van der Waals surface area (Å²) in [6, 6.07) is 4.12. The summed E-state index contributed by atoms with van der Waals surface area (Å²) in [7, 11) is 0. The summed E-state index contributed by atoms with van der Waals surface area (Å²) in [5, 5.41) is 11.3. The van der Waals surface area contributed by atoms with E-state index in [0.717, 1.165) is 18.4 Å². The number of nitrogens with zero attached hydrogens (tertiary/aromatic N) is 1. The number of hydrogen-bond acceptors (Lipinski definition) is 4. The van der Waals surface area contributed by atoms with Crippen LogP contribution in [-0.2, 0) is 17.8 Å². The number of aryl methyl sites for hydroxylation is 1. The molecule has 18 heavy (non-hydrogen) atoms. The van der Waals surface area contributed by atoms with Gasteiger partial charge in [0.05, 0.1) is 6.20 Å². The Bertz CT molecular complexity index is 492. The second kappa shape index (κ2) is 6.20. The van der Waals surface area contributed by atoms with E-state index in [1.807, 2.05) is 6.07 Å². The Morgan fingerprint density at radius 1 is 1.56 bits per heavy atom. The highest BCUT2D eigenvalue weighted by Gasteiger charge is 2.05. The van der Waals surface area contributed by atoms with Crippen LogP contribution < -0.4 is 11.1 Å². The SMILES string of the molecule is Nc1[nH]ncc1CNC(=O)CCCc1cccs1. The summed E-state index contributed by atoms with van der Waals surface area (Å²) >= 11 is 1.73. The summed E-state index contributed by atoms with van der Waals surface area (Å²) in [4.78, 5) is 12.9. The molecule has 2 aromatic rings. The molecule has 0 aliphatic heterocycles. The fourth-order valence-corrected chi connectivity index (χ4v) is 2.37. The molecule has 0 unspecified atom stereocenters. The third-order valence-corrected chi connectivity index (χ3v) is 3.57. The molecule has 0 aromatic carbocycles. The second-order valence-electron chi connectivity index (χ2n) is 4.02. The predicted octanol–water partition coefficient (Wildman–Crippen LogP) is 1.69. The Morgan fingerprint density at radius 3 is 3.11 bits per heavy atom. The van der Waals surface area contributed by atoms with Crippen molar-refractivity contribution in [3.05, 3.63) is 34.2 Å². The Kier molecular flexibility index (Phi) is 4.35. The van der Waals surface area contributed by atoms with Crippen LogP contribution >= 0.6 is 11.3 Å². The summed E-state index contributed by atoms with van der Waals surface area (Å²) in [5.74, 6) is 0.557. The molecule has 0 radical (unpaired) electrons. The number of aromatic nitrogens is 2. The normalized spacial score (nSPS) is 10.4. The molecule has 0 aliphatic rings. The number of nitrogens with two attached hydrogens (primary N) is 1. The lowest BCUT2D eigenvalue weighted by molar-refractivity contribution is -0.121. The first-order valence-corrected chi connectivity index (χ1v) is 6.70. The maximum atomic E-state index is 11.6. The minimum absolute atomic E-state index is 0.0483. The molecule has 96 valence electrons. The highest BCUT2D eigenvalue weighted by Crippen LogP contribution is 2.12. The van der Waals surface area contributed by atoms with Gasteiger partial charge in [-0.05, 0) is 24.3 Å². The van der Waals surface area contributed by atoms with Crippen molar-refractivity contribution in [3.63, 3.8) is 0 Å². The first-order valence-electron chi connectivity index (χ1n) is 5.82. The molecule has 0 aliphatic carbocycles. The van der Waals surface area contributed by atoms with E-state index >= 15 is 0 Å². The summed E-state index contributed by atoms with van der Waals surface area (Å²) < 4.78 is 0. The molecule has 6 heteroatoms. The number of carbonyl (C=O) groups is 1. The first kappa shape index (κ1) is 12.6. The van der Waals surface area contributed by atoms with Crippen LogP contribution in [0.15, 0.2) is 23.7 Å². The molecule has 0 saturated carbocycles. The molecular weight excluding hydrogens is 248 g/mol. The van der Waals surface area contributed by atoms with Gasteiger partial charge >= 0.3 is 0 Å². The number of aromatic amines is 1. The Hall–Kier alpha value is -1.82. The van der Waals surface area contributed by atoms with E-state index in [4.69, 9.17) is 5.73 Å². The van der Waals surface area contributed by atoms with Gasteiger partial charge in [-0.3, -0.25) is 9.89 Å². The Labute approximate surface area is 109 Å². The minimum Gasteiger partial charge on any atom is -0.384 e. The monoisotopic (exact) mass is 264 g/mol. The standard InChI is InChI=1S/C12H16N4OS/c13-12-9(8-15-16-12)7-14-11(17)5-1-3-10-4-2-6-18-10/h2,4,6,8H,1,3,5,7H2,(H,14,17)(H3,13,15,16). The van der Waals surface area contributed by atoms with Gasteiger partial charge in [-0.1, -0.05) is 6.07 Å². The summed E-state index contributed by atoms with van der Waals surface area (Å²) in [6.45, 7) is 0.431. The molecule has 0 saturated heterocycles. The average Bonchev–Trinajstić information content (AvgIpc) is 2.98. The number of nitrogens with one attached hydrogen (secondary N) is 2. The number of anilines is 1. The quantitative estimate of drug-likeness (QED) is 0.742. The van der Waals surface area contributed by atoms with Gasteiger partial charge in [0.15, 0.2) is 0 Å². The number of nitrogen functional groups attached to an aromatic ring is 1. The highest BCUT2D eigenvalue weighted by molar-refractivity contribution is 7.09. The minimum atomic E-state index is 0.0483. The van der Waals surface area contributed by atoms with E-state index < -0.39 is 0 Å². The predicted molar refractivity (Wildman–Crippen MR) is 72.1 cm³/mol. The number of rotatable bonds is 6. The first-order chi connectivity index (χ1) is 8.75. The highest BCUT2D eigenvalue weighted by atomic mass is 32.1. The Morgan fingerprint density at radius 2 is 2.44 bits per heavy atom. The van der Waals surface area contributed by atoms with Crippen molar-refractivity contribution in [1.82, 2.24) is 15.5 Å². The maximum Gasteiger partial charge on any atom is 0.220 e. The number of carbonyl (C=O) groups excluding carboxylic acids is 1. The lowest BCUT2D eigenvalue weighted by Crippen LogP contribution is -2.22. The van der Waals surface area contributed by atoms with E-state index in [1.165, 1.54) is 4.88 Å². The zero-order chi connectivity index (χ0) is 12.8. The zero-order valence-electron chi connectivity index (χ0n) is 9.98. The third kappa shape index (κ3) is 3.59. The van der Waals surface area contributed by atoms with E-state index in [1.54, 1.807) is 17.5 Å². The van der Waals surface area contributed by atoms with Crippen molar-refractivity contribution in [2.45, 2.75) is 25.8 Å². The van der Waals surface area contributed by atoms with Crippen LogP contribution in [-0.4, -0.2) is 16.1 Å². The van der Waals surface area contributed by atoms with Crippen LogP contribution in [0.4, 0.5) is 5.82 Å². The molecule has 2 heterocycles. The van der Waals surface area contributed by atoms with Gasteiger partial charge in [0, 0.05) is 23.4 Å². The van der Waals surface area contributed by atoms with Gasteiger partial charge < -0.3 is 11.1 Å². The number of thiophene rings is 1. The molecular formula is C12H16N4OS. The maximum absolute atomic E-state index is 11.6. The van der Waals surface area contributed by atoms with Gasteiger partial charge in [0.1, 0.15) is 5.82 Å². The van der Waals surface area contributed by atoms with E-state index in [9.17, 15) is 4.79 Å². The van der Waals surface area contributed by atoms with Gasteiger partial charge in [0.2, 0.25) is 5.91 Å². The summed E-state index contributed by atoms with van der Waals surface area (Å²) in [6.07, 6.45) is 3.99. The van der Waals surface area contributed by atoms with Crippen LogP contribution in [0.25, 0.3) is 0 Å². The fraction of sp³-hybridized carbons (Fsp3) is 0.333. The molecule has 5 nitrogen and oxygen atoms in total. The second-order valence-corrected chi connectivity index (χ2v) is 5.05. The molecule has 0 bridgehead atoms. The van der Waals surface area contributed by atoms with Crippen molar-refractivity contribution in [3.8, 4) is 0 Å². The van der Waals surface area contributed by atoms with Crippen molar-refractivity contribution in [2.24, 2.45) is 0 Å². The molecule has 0 atom stereocenters. The molecule has 0 fully saturated rings. The lowest BCUT2D eigenvalue weighted by Gasteiger charge is -2.03. The smallest absolute Gasteiger partial charge is 0.220 e. The van der Waals surface area contributed by atoms with Gasteiger partial charge in [-0.25, -0.2) is 0 Å². The molecule has 1 amide bonds. The molecule has 2 aromatic heterocycles. The average molecular weight is 264 g/mol. The van der Waals surface area contributed by atoms with Crippen LogP contribution in [0, 0.1) is 0 Å². The summed E-state index contributed by atoms with van der Waals surface area (Å²) in [5.41, 5.74) is 6.44. The van der Waals surface area contributed by atoms with Crippen molar-refractivity contribution in [2.75, 3.05) is 5.73 Å². The van der Waals surface area contributed by atoms with Crippen molar-refractivity contribution < 1.29 is 4.79 Å². The van der Waals surface area contributed by atoms with E-state index in [-0.39, 0.29) is 5.91 Å². The number of amides is 1. The van der Waals surface area contributed by atoms with Crippen molar-refractivity contribution in [1.29, 1.82) is 0 Å². The number of H-pyrrole nitrogens is 1. The van der Waals surface area contributed by atoms with Crippen LogP contribution in [0.3, 0.4) is 0 Å². The van der Waals surface area contributed by atoms with Gasteiger partial charge in [0.25, 0.3) is 0 Å². The van der Waals surface area contributed by atoms with Crippen LogP contribution in [0.5, 0.6) is 0 Å². The largest absolute Gasteiger partial charge is 0.384 e. The Balaban J connectivity index is 1.65. The number of hydrogen-bond donors (Lipinski definition) is 3.